The zero-order chi connectivity index (χ0) is 15.9. The van der Waals surface area contributed by atoms with Gasteiger partial charge >= 0.3 is 0 Å². The van der Waals surface area contributed by atoms with Gasteiger partial charge in [0.25, 0.3) is 0 Å². The second-order valence-electron chi connectivity index (χ2n) is 4.80. The Bertz CT molecular complexity index is 629. The van der Waals surface area contributed by atoms with E-state index in [0.717, 1.165) is 28.4 Å². The number of benzene rings is 2. The number of rotatable bonds is 6. The van der Waals surface area contributed by atoms with Crippen molar-refractivity contribution in [1.29, 1.82) is 0 Å². The molecule has 0 aliphatic heterocycles. The summed E-state index contributed by atoms with van der Waals surface area (Å²) < 4.78 is 5.16. The molecule has 3 N–H and O–H groups in total. The van der Waals surface area contributed by atoms with Crippen LogP contribution in [0, 0.1) is 0 Å². The average molecular weight is 316 g/mol. The van der Waals surface area contributed by atoms with E-state index in [1.807, 2.05) is 49.4 Å². The summed E-state index contributed by atoms with van der Waals surface area (Å²) in [5.41, 5.74) is 7.14. The molecule has 1 atom stereocenters. The average Bonchev–Trinajstić information content (AvgIpc) is 2.54. The highest BCUT2D eigenvalue weighted by Crippen LogP contribution is 2.27. The number of ether oxygens (including phenoxy) is 1. The first-order valence-corrected chi connectivity index (χ1v) is 7.97. The molecule has 0 spiro atoms. The fourth-order valence-electron chi connectivity index (χ4n) is 1.96. The molecular formula is C17H20N2O2S. The molecule has 0 aliphatic carbocycles. The third kappa shape index (κ3) is 4.43. The summed E-state index contributed by atoms with van der Waals surface area (Å²) in [6.45, 7) is 2.00. The van der Waals surface area contributed by atoms with E-state index in [2.05, 4.69) is 5.32 Å². The summed E-state index contributed by atoms with van der Waals surface area (Å²) in [6, 6.07) is 14.9. The molecule has 22 heavy (non-hydrogen) atoms. The van der Waals surface area contributed by atoms with Crippen LogP contribution in [0.25, 0.3) is 0 Å². The number of carbonyl (C=O) groups excluding carboxylic acids is 1. The minimum Gasteiger partial charge on any atom is -0.497 e. The van der Waals surface area contributed by atoms with Gasteiger partial charge in [-0.1, -0.05) is 13.0 Å². The fourth-order valence-corrected chi connectivity index (χ4v) is 2.91. The van der Waals surface area contributed by atoms with Crippen molar-refractivity contribution < 1.29 is 9.53 Å². The lowest BCUT2D eigenvalue weighted by Crippen LogP contribution is -2.24. The predicted octanol–water partition coefficient (Wildman–Crippen LogP) is 3.79. The van der Waals surface area contributed by atoms with E-state index >= 15 is 0 Å². The van der Waals surface area contributed by atoms with Gasteiger partial charge in [-0.05, 0) is 42.8 Å². The maximum Gasteiger partial charge on any atom is 0.237 e. The summed E-state index contributed by atoms with van der Waals surface area (Å²) in [4.78, 5) is 13.4. The number of nitrogens with two attached hydrogens (primary N) is 1. The van der Waals surface area contributed by atoms with E-state index in [4.69, 9.17) is 10.5 Å². The molecular weight excluding hydrogens is 296 g/mol. The zero-order valence-electron chi connectivity index (χ0n) is 12.7. The van der Waals surface area contributed by atoms with Crippen LogP contribution in [0.4, 0.5) is 11.4 Å². The van der Waals surface area contributed by atoms with Gasteiger partial charge in [-0.3, -0.25) is 4.79 Å². The highest BCUT2D eigenvalue weighted by atomic mass is 32.2. The third-order valence-electron chi connectivity index (χ3n) is 3.16. The zero-order valence-corrected chi connectivity index (χ0v) is 13.5. The molecule has 0 aliphatic rings. The minimum atomic E-state index is -0.158. The normalized spacial score (nSPS) is 11.7. The number of nitrogens with one attached hydrogen (secondary N) is 1. The molecule has 5 heteroatoms. The van der Waals surface area contributed by atoms with Crippen LogP contribution in [0.3, 0.4) is 0 Å². The van der Waals surface area contributed by atoms with Gasteiger partial charge in [0.05, 0.1) is 12.4 Å². The molecule has 0 heterocycles. The molecule has 0 bridgehead atoms. The second-order valence-corrected chi connectivity index (χ2v) is 6.08. The third-order valence-corrected chi connectivity index (χ3v) is 4.54. The van der Waals surface area contributed by atoms with Crippen molar-refractivity contribution >= 4 is 29.0 Å². The molecule has 1 amide bonds. The number of hydrogen-bond donors (Lipinski definition) is 2. The number of methoxy groups -OCH3 is 1. The first-order valence-electron chi connectivity index (χ1n) is 7.09. The SMILES string of the molecule is CCC(Sc1ccc(N)cc1)C(=O)Nc1cccc(OC)c1. The summed E-state index contributed by atoms with van der Waals surface area (Å²) in [6.07, 6.45) is 0.741. The summed E-state index contributed by atoms with van der Waals surface area (Å²) in [5.74, 6) is 0.703. The van der Waals surface area contributed by atoms with Crippen molar-refractivity contribution in [3.8, 4) is 5.75 Å². The summed E-state index contributed by atoms with van der Waals surface area (Å²) >= 11 is 1.54. The van der Waals surface area contributed by atoms with Crippen molar-refractivity contribution in [2.24, 2.45) is 0 Å². The maximum atomic E-state index is 12.4. The van der Waals surface area contributed by atoms with Gasteiger partial charge in [0.1, 0.15) is 5.75 Å². The fraction of sp³-hybridized carbons (Fsp3) is 0.235. The van der Waals surface area contributed by atoms with Crippen LogP contribution in [-0.4, -0.2) is 18.3 Å². The Morgan fingerprint density at radius 1 is 1.27 bits per heavy atom. The van der Waals surface area contributed by atoms with E-state index in [-0.39, 0.29) is 11.2 Å². The Morgan fingerprint density at radius 2 is 2.00 bits per heavy atom. The molecule has 2 aromatic rings. The van der Waals surface area contributed by atoms with Crippen molar-refractivity contribution in [3.05, 3.63) is 48.5 Å². The van der Waals surface area contributed by atoms with Gasteiger partial charge < -0.3 is 15.8 Å². The Labute approximate surface area is 135 Å². The lowest BCUT2D eigenvalue weighted by molar-refractivity contribution is -0.115. The smallest absolute Gasteiger partial charge is 0.237 e. The molecule has 0 fully saturated rings. The van der Waals surface area contributed by atoms with E-state index in [1.54, 1.807) is 13.2 Å². The highest BCUT2D eigenvalue weighted by molar-refractivity contribution is 8.00. The number of nitrogen functional groups attached to an aromatic ring is 1. The van der Waals surface area contributed by atoms with Crippen LogP contribution in [0.15, 0.2) is 53.4 Å². The highest BCUT2D eigenvalue weighted by Gasteiger charge is 2.18. The minimum absolute atomic E-state index is 0.0161. The predicted molar refractivity (Wildman–Crippen MR) is 92.4 cm³/mol. The van der Waals surface area contributed by atoms with Gasteiger partial charge in [-0.25, -0.2) is 0 Å². The van der Waals surface area contributed by atoms with Crippen LogP contribution in [0.1, 0.15) is 13.3 Å². The molecule has 2 rings (SSSR count). The first-order chi connectivity index (χ1) is 10.6. The van der Waals surface area contributed by atoms with Gasteiger partial charge in [0.15, 0.2) is 0 Å². The van der Waals surface area contributed by atoms with Crippen molar-refractivity contribution in [2.45, 2.75) is 23.5 Å². The molecule has 0 saturated heterocycles. The first kappa shape index (κ1) is 16.2. The lowest BCUT2D eigenvalue weighted by atomic mass is 10.2. The Kier molecular flexibility index (Phi) is 5.72. The monoisotopic (exact) mass is 316 g/mol. The number of carbonyl (C=O) groups is 1. The van der Waals surface area contributed by atoms with Crippen LogP contribution in [-0.2, 0) is 4.79 Å². The molecule has 2 aromatic carbocycles. The summed E-state index contributed by atoms with van der Waals surface area (Å²) in [5, 5.41) is 2.78. The number of anilines is 2. The quantitative estimate of drug-likeness (QED) is 0.629. The lowest BCUT2D eigenvalue weighted by Gasteiger charge is -2.15. The van der Waals surface area contributed by atoms with Gasteiger partial charge in [0, 0.05) is 22.3 Å². The van der Waals surface area contributed by atoms with E-state index < -0.39 is 0 Å². The second kappa shape index (κ2) is 7.75. The van der Waals surface area contributed by atoms with Gasteiger partial charge in [0.2, 0.25) is 5.91 Å². The van der Waals surface area contributed by atoms with Crippen molar-refractivity contribution in [1.82, 2.24) is 0 Å². The Morgan fingerprint density at radius 3 is 2.64 bits per heavy atom. The van der Waals surface area contributed by atoms with Crippen LogP contribution >= 0.6 is 11.8 Å². The van der Waals surface area contributed by atoms with E-state index in [9.17, 15) is 4.79 Å². The molecule has 1 unspecified atom stereocenters. The maximum absolute atomic E-state index is 12.4. The van der Waals surface area contributed by atoms with Crippen molar-refractivity contribution in [3.63, 3.8) is 0 Å². The molecule has 0 aromatic heterocycles. The standard InChI is InChI=1S/C17H20N2O2S/c1-3-16(22-15-9-7-12(18)8-10-15)17(20)19-13-5-4-6-14(11-13)21-2/h4-11,16H,3,18H2,1-2H3,(H,19,20). The van der Waals surface area contributed by atoms with Gasteiger partial charge in [-0.2, -0.15) is 0 Å². The van der Waals surface area contributed by atoms with Crippen LogP contribution in [0.2, 0.25) is 0 Å². The van der Waals surface area contributed by atoms with E-state index in [1.165, 1.54) is 11.8 Å². The topological polar surface area (TPSA) is 64.4 Å². The van der Waals surface area contributed by atoms with Crippen LogP contribution < -0.4 is 15.8 Å². The van der Waals surface area contributed by atoms with Crippen molar-refractivity contribution in [2.75, 3.05) is 18.2 Å². The largest absolute Gasteiger partial charge is 0.497 e. The van der Waals surface area contributed by atoms with Crippen LogP contribution in [0.5, 0.6) is 5.75 Å². The number of thioether (sulfide) groups is 1. The molecule has 0 saturated carbocycles. The molecule has 0 radical (unpaired) electrons. The molecule has 116 valence electrons. The number of hydrogen-bond acceptors (Lipinski definition) is 4. The molecule has 4 nitrogen and oxygen atoms in total. The van der Waals surface area contributed by atoms with Gasteiger partial charge in [-0.15, -0.1) is 11.8 Å². The summed E-state index contributed by atoms with van der Waals surface area (Å²) in [7, 11) is 1.60. The Balaban J connectivity index is 2.03. The Hall–Kier alpha value is -2.14. The number of amides is 1. The van der Waals surface area contributed by atoms with E-state index in [0.29, 0.717) is 0 Å².